The molecule has 0 bridgehead atoms. The maximum Gasteiger partial charge on any atom is 0.321 e. The van der Waals surface area contributed by atoms with Gasteiger partial charge in [0.05, 0.1) is 4.92 Å². The van der Waals surface area contributed by atoms with Crippen LogP contribution in [-0.4, -0.2) is 40.9 Å². The predicted octanol–water partition coefficient (Wildman–Crippen LogP) is 3.67. The maximum atomic E-state index is 12.5. The Balaban J connectivity index is 1.56. The zero-order chi connectivity index (χ0) is 20.1. The number of nitrogens with one attached hydrogen (secondary N) is 2. The molecule has 0 unspecified atom stereocenters. The SMILES string of the molecule is O=C(NC1CCN(C(=O)Nc2ccccc2)CC1)c1cc(Cl)ccc1[N+](=O)[O-]. The van der Waals surface area contributed by atoms with E-state index in [4.69, 9.17) is 11.6 Å². The first-order valence-electron chi connectivity index (χ1n) is 8.80. The van der Waals surface area contributed by atoms with Crippen molar-refractivity contribution in [2.75, 3.05) is 18.4 Å². The summed E-state index contributed by atoms with van der Waals surface area (Å²) in [6.45, 7) is 0.947. The average Bonchev–Trinajstić information content (AvgIpc) is 2.69. The summed E-state index contributed by atoms with van der Waals surface area (Å²) < 4.78 is 0. The van der Waals surface area contributed by atoms with Gasteiger partial charge in [0.15, 0.2) is 0 Å². The van der Waals surface area contributed by atoms with E-state index in [9.17, 15) is 19.7 Å². The van der Waals surface area contributed by atoms with E-state index in [0.717, 1.165) is 5.69 Å². The number of nitro benzene ring substituents is 1. The molecule has 28 heavy (non-hydrogen) atoms. The Morgan fingerprint density at radius 3 is 2.43 bits per heavy atom. The van der Waals surface area contributed by atoms with E-state index >= 15 is 0 Å². The summed E-state index contributed by atoms with van der Waals surface area (Å²) in [5.74, 6) is -0.540. The lowest BCUT2D eigenvalue weighted by Gasteiger charge is -2.32. The van der Waals surface area contributed by atoms with E-state index in [0.29, 0.717) is 25.9 Å². The third-order valence-electron chi connectivity index (χ3n) is 4.54. The molecule has 3 rings (SSSR count). The molecule has 9 heteroatoms. The zero-order valence-electron chi connectivity index (χ0n) is 14.9. The fraction of sp³-hybridized carbons (Fsp3) is 0.263. The molecule has 1 fully saturated rings. The lowest BCUT2D eigenvalue weighted by Crippen LogP contribution is -2.47. The Morgan fingerprint density at radius 1 is 1.11 bits per heavy atom. The van der Waals surface area contributed by atoms with E-state index in [1.165, 1.54) is 18.2 Å². The molecule has 0 spiro atoms. The Labute approximate surface area is 166 Å². The van der Waals surface area contributed by atoms with Crippen LogP contribution in [0.25, 0.3) is 0 Å². The number of hydrogen-bond acceptors (Lipinski definition) is 4. The highest BCUT2D eigenvalue weighted by Gasteiger charge is 2.27. The number of benzene rings is 2. The maximum absolute atomic E-state index is 12.5. The number of rotatable bonds is 4. The second-order valence-corrected chi connectivity index (χ2v) is 6.89. The lowest BCUT2D eigenvalue weighted by atomic mass is 10.0. The van der Waals surface area contributed by atoms with Crippen molar-refractivity contribution < 1.29 is 14.5 Å². The van der Waals surface area contributed by atoms with Gasteiger partial charge in [-0.3, -0.25) is 14.9 Å². The smallest absolute Gasteiger partial charge is 0.321 e. The van der Waals surface area contributed by atoms with Gasteiger partial charge in [0.1, 0.15) is 5.56 Å². The van der Waals surface area contributed by atoms with E-state index < -0.39 is 10.8 Å². The highest BCUT2D eigenvalue weighted by atomic mass is 35.5. The summed E-state index contributed by atoms with van der Waals surface area (Å²) in [7, 11) is 0. The molecule has 0 aliphatic carbocycles. The summed E-state index contributed by atoms with van der Waals surface area (Å²) >= 11 is 5.88. The summed E-state index contributed by atoms with van der Waals surface area (Å²) in [6.07, 6.45) is 1.12. The first-order chi connectivity index (χ1) is 13.4. The number of nitro groups is 1. The topological polar surface area (TPSA) is 105 Å². The Bertz CT molecular complexity index is 883. The van der Waals surface area contributed by atoms with Gasteiger partial charge in [0, 0.05) is 35.9 Å². The van der Waals surface area contributed by atoms with E-state index in [1.54, 1.807) is 4.90 Å². The molecule has 1 aliphatic heterocycles. The molecule has 0 radical (unpaired) electrons. The van der Waals surface area contributed by atoms with Gasteiger partial charge in [-0.25, -0.2) is 4.79 Å². The van der Waals surface area contributed by atoms with Crippen LogP contribution in [0.1, 0.15) is 23.2 Å². The Hall–Kier alpha value is -3.13. The number of carbonyl (C=O) groups is 2. The standard InChI is InChI=1S/C19H19ClN4O4/c20-13-6-7-17(24(27)28)16(12-13)18(25)21-15-8-10-23(11-9-15)19(26)22-14-4-2-1-3-5-14/h1-7,12,15H,8-11H2,(H,21,25)(H,22,26). The lowest BCUT2D eigenvalue weighted by molar-refractivity contribution is -0.385. The minimum Gasteiger partial charge on any atom is -0.349 e. The third-order valence-corrected chi connectivity index (χ3v) is 4.78. The van der Waals surface area contributed by atoms with Gasteiger partial charge in [-0.1, -0.05) is 29.8 Å². The number of carbonyl (C=O) groups excluding carboxylic acids is 2. The number of para-hydroxylation sites is 1. The van der Waals surface area contributed by atoms with Crippen molar-refractivity contribution in [3.63, 3.8) is 0 Å². The van der Waals surface area contributed by atoms with Crippen LogP contribution in [0.4, 0.5) is 16.2 Å². The Morgan fingerprint density at radius 2 is 1.79 bits per heavy atom. The molecule has 0 saturated carbocycles. The van der Waals surface area contributed by atoms with Crippen molar-refractivity contribution >= 4 is 34.9 Å². The van der Waals surface area contributed by atoms with Gasteiger partial charge in [-0.15, -0.1) is 0 Å². The van der Waals surface area contributed by atoms with Crippen LogP contribution < -0.4 is 10.6 Å². The fourth-order valence-electron chi connectivity index (χ4n) is 3.06. The van der Waals surface area contributed by atoms with Crippen LogP contribution in [0.3, 0.4) is 0 Å². The van der Waals surface area contributed by atoms with E-state index in [2.05, 4.69) is 10.6 Å². The highest BCUT2D eigenvalue weighted by molar-refractivity contribution is 6.31. The number of nitrogens with zero attached hydrogens (tertiary/aromatic N) is 2. The molecule has 0 atom stereocenters. The monoisotopic (exact) mass is 402 g/mol. The van der Waals surface area contributed by atoms with E-state index in [1.807, 2.05) is 30.3 Å². The summed E-state index contributed by atoms with van der Waals surface area (Å²) in [6, 6.07) is 12.7. The van der Waals surface area contributed by atoms with Crippen molar-refractivity contribution in [3.8, 4) is 0 Å². The van der Waals surface area contributed by atoms with Crippen LogP contribution >= 0.6 is 11.6 Å². The molecule has 146 valence electrons. The van der Waals surface area contributed by atoms with Crippen molar-refractivity contribution in [1.29, 1.82) is 0 Å². The molecule has 3 amide bonds. The fourth-order valence-corrected chi connectivity index (χ4v) is 3.24. The molecule has 2 aromatic carbocycles. The summed E-state index contributed by atoms with van der Waals surface area (Å²) in [5.41, 5.74) is 0.361. The van der Waals surface area contributed by atoms with Crippen LogP contribution in [0.5, 0.6) is 0 Å². The first-order valence-corrected chi connectivity index (χ1v) is 9.17. The average molecular weight is 403 g/mol. The quantitative estimate of drug-likeness (QED) is 0.601. The largest absolute Gasteiger partial charge is 0.349 e. The zero-order valence-corrected chi connectivity index (χ0v) is 15.7. The number of anilines is 1. The number of amides is 3. The van der Waals surface area contributed by atoms with Crippen molar-refractivity contribution in [2.45, 2.75) is 18.9 Å². The molecule has 8 nitrogen and oxygen atoms in total. The normalized spacial score (nSPS) is 14.4. The molecular weight excluding hydrogens is 384 g/mol. The molecule has 1 saturated heterocycles. The predicted molar refractivity (Wildman–Crippen MR) is 106 cm³/mol. The van der Waals surface area contributed by atoms with Gasteiger partial charge in [-0.2, -0.15) is 0 Å². The Kier molecular flexibility index (Phi) is 6.10. The van der Waals surface area contributed by atoms with Crippen LogP contribution in [-0.2, 0) is 0 Å². The van der Waals surface area contributed by atoms with Crippen molar-refractivity contribution in [3.05, 3.63) is 69.2 Å². The number of hydrogen-bond donors (Lipinski definition) is 2. The number of halogens is 1. The van der Waals surface area contributed by atoms with E-state index in [-0.39, 0.29) is 28.3 Å². The number of piperidine rings is 1. The second-order valence-electron chi connectivity index (χ2n) is 6.45. The molecule has 2 N–H and O–H groups in total. The van der Waals surface area contributed by atoms with Gasteiger partial charge in [0.2, 0.25) is 0 Å². The van der Waals surface area contributed by atoms with Crippen molar-refractivity contribution in [1.82, 2.24) is 10.2 Å². The summed E-state index contributed by atoms with van der Waals surface area (Å²) in [4.78, 5) is 37.0. The molecule has 0 aromatic heterocycles. The number of urea groups is 1. The second kappa shape index (κ2) is 8.71. The molecule has 2 aromatic rings. The minimum absolute atomic E-state index is 0.0678. The van der Waals surface area contributed by atoms with Crippen LogP contribution in [0.2, 0.25) is 5.02 Å². The first kappa shape index (κ1) is 19.6. The summed E-state index contributed by atoms with van der Waals surface area (Å²) in [5, 5.41) is 17.0. The van der Waals surface area contributed by atoms with Gasteiger partial charge in [0.25, 0.3) is 11.6 Å². The molecule has 1 heterocycles. The number of likely N-dealkylation sites (tertiary alicyclic amines) is 1. The van der Waals surface area contributed by atoms with Gasteiger partial charge >= 0.3 is 6.03 Å². The third kappa shape index (κ3) is 4.77. The molecular formula is C19H19ClN4O4. The highest BCUT2D eigenvalue weighted by Crippen LogP contribution is 2.23. The van der Waals surface area contributed by atoms with Gasteiger partial charge in [-0.05, 0) is 37.1 Å². The van der Waals surface area contributed by atoms with Crippen LogP contribution in [0, 0.1) is 10.1 Å². The van der Waals surface area contributed by atoms with Gasteiger partial charge < -0.3 is 15.5 Å². The minimum atomic E-state index is -0.609. The van der Waals surface area contributed by atoms with Crippen LogP contribution in [0.15, 0.2) is 48.5 Å². The van der Waals surface area contributed by atoms with Crippen molar-refractivity contribution in [2.24, 2.45) is 0 Å². The molecule has 1 aliphatic rings.